The monoisotopic (exact) mass is 304 g/mol. The first kappa shape index (κ1) is 19.1. The lowest BCUT2D eigenvalue weighted by molar-refractivity contribution is 0.756. The third kappa shape index (κ3) is 5.63. The summed E-state index contributed by atoms with van der Waals surface area (Å²) in [5.74, 6) is 0. The normalized spacial score (nSPS) is 11.7. The highest BCUT2D eigenvalue weighted by Gasteiger charge is 2.24. The van der Waals surface area contributed by atoms with E-state index in [9.17, 15) is 0 Å². The van der Waals surface area contributed by atoms with E-state index in [-0.39, 0.29) is 0 Å². The summed E-state index contributed by atoms with van der Waals surface area (Å²) >= 11 is 0. The molecule has 0 nitrogen and oxygen atoms in total. The molecular formula is C18H32Si2. The molecule has 0 bridgehead atoms. The van der Waals surface area contributed by atoms with Gasteiger partial charge in [-0.05, 0) is 6.04 Å². The van der Waals surface area contributed by atoms with Gasteiger partial charge in [0.1, 0.15) is 16.1 Å². The van der Waals surface area contributed by atoms with Crippen molar-refractivity contribution in [2.45, 2.75) is 50.7 Å². The summed E-state index contributed by atoms with van der Waals surface area (Å²) in [6, 6.07) is 3.80. The quantitative estimate of drug-likeness (QED) is 0.285. The van der Waals surface area contributed by atoms with Crippen LogP contribution in [0.5, 0.6) is 0 Å². The Balaban J connectivity index is 4.22. The predicted octanol–water partition coefficient (Wildman–Crippen LogP) is 6.09. The standard InChI is InChI=1S/C18H32Si2/c1-7-16-20(11-5,12-6)18-15-13-14-17-19(8-2,9-3)10-4/h8-12H,2-7,13-18H2,1H3. The highest BCUT2D eigenvalue weighted by Crippen LogP contribution is 2.25. The van der Waals surface area contributed by atoms with E-state index in [1.54, 1.807) is 0 Å². The van der Waals surface area contributed by atoms with Crippen molar-refractivity contribution >= 4 is 16.1 Å². The van der Waals surface area contributed by atoms with Crippen LogP contribution in [0, 0.1) is 0 Å². The van der Waals surface area contributed by atoms with Crippen LogP contribution in [0.3, 0.4) is 0 Å². The molecule has 0 aromatic rings. The molecule has 0 unspecified atom stereocenters. The lowest BCUT2D eigenvalue weighted by Crippen LogP contribution is -2.29. The Kier molecular flexibility index (Phi) is 9.52. The van der Waals surface area contributed by atoms with Gasteiger partial charge in [0.05, 0.1) is 0 Å². The highest BCUT2D eigenvalue weighted by molar-refractivity contribution is 6.93. The van der Waals surface area contributed by atoms with Crippen LogP contribution in [0.1, 0.15) is 32.6 Å². The average molecular weight is 305 g/mol. The van der Waals surface area contributed by atoms with E-state index in [1.165, 1.54) is 43.8 Å². The zero-order valence-electron chi connectivity index (χ0n) is 13.4. The van der Waals surface area contributed by atoms with Crippen molar-refractivity contribution in [1.29, 1.82) is 0 Å². The van der Waals surface area contributed by atoms with Gasteiger partial charge in [0, 0.05) is 0 Å². The van der Waals surface area contributed by atoms with Gasteiger partial charge in [0.25, 0.3) is 0 Å². The summed E-state index contributed by atoms with van der Waals surface area (Å²) in [4.78, 5) is 0. The smallest absolute Gasteiger partial charge is 0.107 e. The van der Waals surface area contributed by atoms with Gasteiger partial charge in [-0.15, -0.1) is 32.9 Å². The van der Waals surface area contributed by atoms with Crippen molar-refractivity contribution in [1.82, 2.24) is 0 Å². The third-order valence-corrected chi connectivity index (χ3v) is 12.3. The summed E-state index contributed by atoms with van der Waals surface area (Å²) in [5.41, 5.74) is 10.7. The fourth-order valence-corrected chi connectivity index (χ4v) is 7.75. The third-order valence-electron chi connectivity index (χ3n) is 4.42. The highest BCUT2D eigenvalue weighted by atomic mass is 28.3. The van der Waals surface area contributed by atoms with Gasteiger partial charge in [-0.2, -0.15) is 0 Å². The lowest BCUT2D eigenvalue weighted by Gasteiger charge is -2.24. The maximum absolute atomic E-state index is 4.06. The van der Waals surface area contributed by atoms with Gasteiger partial charge in [0.15, 0.2) is 0 Å². The lowest BCUT2D eigenvalue weighted by atomic mass is 10.3. The minimum absolute atomic E-state index is 1.20. The maximum Gasteiger partial charge on any atom is 0.124 e. The molecule has 0 radical (unpaired) electrons. The molecule has 0 spiro atoms. The van der Waals surface area contributed by atoms with E-state index >= 15 is 0 Å². The van der Waals surface area contributed by atoms with Crippen LogP contribution in [-0.4, -0.2) is 16.1 Å². The minimum atomic E-state index is -1.58. The Bertz CT molecular complexity index is 312. The van der Waals surface area contributed by atoms with Crippen molar-refractivity contribution < 1.29 is 0 Å². The van der Waals surface area contributed by atoms with Gasteiger partial charge in [-0.25, -0.2) is 0 Å². The maximum atomic E-state index is 4.06. The number of hydrogen-bond acceptors (Lipinski definition) is 0. The average Bonchev–Trinajstić information content (AvgIpc) is 2.50. The van der Waals surface area contributed by atoms with Crippen LogP contribution >= 0.6 is 0 Å². The molecule has 0 saturated heterocycles. The molecule has 2 heteroatoms. The van der Waals surface area contributed by atoms with Crippen LogP contribution < -0.4 is 0 Å². The molecule has 0 aliphatic carbocycles. The molecule has 20 heavy (non-hydrogen) atoms. The Morgan fingerprint density at radius 2 is 1.15 bits per heavy atom. The molecule has 0 saturated carbocycles. The van der Waals surface area contributed by atoms with Crippen LogP contribution in [0.25, 0.3) is 0 Å². The molecule has 0 aliphatic rings. The zero-order chi connectivity index (χ0) is 15.5. The van der Waals surface area contributed by atoms with Gasteiger partial charge in [-0.1, -0.05) is 73.2 Å². The number of rotatable bonds is 13. The van der Waals surface area contributed by atoms with Gasteiger partial charge in [-0.3, -0.25) is 0 Å². The van der Waals surface area contributed by atoms with Crippen LogP contribution in [0.15, 0.2) is 61.4 Å². The molecule has 0 aromatic heterocycles. The molecule has 0 fully saturated rings. The van der Waals surface area contributed by atoms with Crippen molar-refractivity contribution in [2.75, 3.05) is 0 Å². The summed E-state index contributed by atoms with van der Waals surface area (Å²) in [6.45, 7) is 22.3. The molecule has 0 aliphatic heterocycles. The number of unbranched alkanes of at least 4 members (excludes halogenated alkanes) is 2. The SMILES string of the molecule is C=C[Si](C=C)(C=C)CCCCC[Si](C=C)(C=C)CCC. The summed E-state index contributed by atoms with van der Waals surface area (Å²) in [5, 5.41) is 0. The van der Waals surface area contributed by atoms with Crippen molar-refractivity contribution in [3.63, 3.8) is 0 Å². The first-order valence-electron chi connectivity index (χ1n) is 7.75. The Hall–Kier alpha value is -0.866. The second kappa shape index (κ2) is 9.95. The van der Waals surface area contributed by atoms with E-state index in [1.807, 2.05) is 0 Å². The Labute approximate surface area is 128 Å². The van der Waals surface area contributed by atoms with Crippen LogP contribution in [0.4, 0.5) is 0 Å². The largest absolute Gasteiger partial charge is 0.124 e. The first-order valence-corrected chi connectivity index (χ1v) is 12.8. The zero-order valence-corrected chi connectivity index (χ0v) is 15.4. The van der Waals surface area contributed by atoms with E-state index in [2.05, 4.69) is 68.3 Å². The summed E-state index contributed by atoms with van der Waals surface area (Å²) in [6.07, 6.45) is 5.06. The van der Waals surface area contributed by atoms with E-state index in [0.717, 1.165) is 0 Å². The Morgan fingerprint density at radius 3 is 1.55 bits per heavy atom. The summed E-state index contributed by atoms with van der Waals surface area (Å²) in [7, 11) is -2.97. The second-order valence-corrected chi connectivity index (χ2v) is 13.9. The molecule has 0 heterocycles. The van der Waals surface area contributed by atoms with Crippen molar-refractivity contribution in [2.24, 2.45) is 0 Å². The minimum Gasteiger partial charge on any atom is -0.107 e. The molecular weight excluding hydrogens is 272 g/mol. The molecule has 112 valence electrons. The summed E-state index contributed by atoms with van der Waals surface area (Å²) < 4.78 is 0. The van der Waals surface area contributed by atoms with Gasteiger partial charge >= 0.3 is 0 Å². The fourth-order valence-electron chi connectivity index (χ4n) is 2.70. The van der Waals surface area contributed by atoms with E-state index < -0.39 is 16.1 Å². The molecule has 0 atom stereocenters. The molecule has 0 amide bonds. The second-order valence-electron chi connectivity index (χ2n) is 5.68. The number of hydrogen-bond donors (Lipinski definition) is 0. The van der Waals surface area contributed by atoms with Gasteiger partial charge in [0.2, 0.25) is 0 Å². The van der Waals surface area contributed by atoms with Crippen LogP contribution in [-0.2, 0) is 0 Å². The van der Waals surface area contributed by atoms with E-state index in [4.69, 9.17) is 0 Å². The molecule has 0 N–H and O–H groups in total. The first-order chi connectivity index (χ1) is 9.57. The van der Waals surface area contributed by atoms with Crippen LogP contribution in [0.2, 0.25) is 18.1 Å². The predicted molar refractivity (Wildman–Crippen MR) is 101 cm³/mol. The van der Waals surface area contributed by atoms with Gasteiger partial charge < -0.3 is 0 Å². The van der Waals surface area contributed by atoms with Crippen molar-refractivity contribution in [3.8, 4) is 0 Å². The molecule has 0 rings (SSSR count). The Morgan fingerprint density at radius 1 is 0.650 bits per heavy atom. The topological polar surface area (TPSA) is 0 Å². The van der Waals surface area contributed by atoms with E-state index in [0.29, 0.717) is 0 Å². The fraction of sp³-hybridized carbons (Fsp3) is 0.444. The molecule has 0 aromatic carbocycles. The van der Waals surface area contributed by atoms with Crippen molar-refractivity contribution in [3.05, 3.63) is 61.4 Å².